The Morgan fingerprint density at radius 3 is 2.53 bits per heavy atom. The number of aromatic carboxylic acids is 1. The lowest BCUT2D eigenvalue weighted by atomic mass is 10.1. The average molecular weight is 345 g/mol. The molecule has 0 saturated carbocycles. The molecule has 0 unspecified atom stereocenters. The predicted molar refractivity (Wildman–Crippen MR) is 61.7 cm³/mol. The van der Waals surface area contributed by atoms with Crippen LogP contribution in [0.1, 0.15) is 15.9 Å². The quantitative estimate of drug-likeness (QED) is 0.802. The van der Waals surface area contributed by atoms with Crippen LogP contribution in [0.3, 0.4) is 0 Å². The minimum absolute atomic E-state index is 0.00790. The van der Waals surface area contributed by atoms with E-state index in [9.17, 15) is 22.4 Å². The van der Waals surface area contributed by atoms with Crippen LogP contribution in [0, 0.1) is 0 Å². The first kappa shape index (κ1) is 15.9. The summed E-state index contributed by atoms with van der Waals surface area (Å²) in [5.41, 5.74) is 0.392. The summed E-state index contributed by atoms with van der Waals surface area (Å²) in [6, 6.07) is 3.89. The Bertz CT molecular complexity index is 465. The van der Waals surface area contributed by atoms with Gasteiger partial charge in [-0.25, -0.2) is 13.6 Å². The zero-order valence-electron chi connectivity index (χ0n) is 9.38. The molecule has 0 saturated heterocycles. The Morgan fingerprint density at radius 1 is 1.42 bits per heavy atom. The molecule has 0 spiro atoms. The fraction of sp³-hybridized carbons (Fsp3) is 0.364. The van der Waals surface area contributed by atoms with Crippen molar-refractivity contribution in [1.29, 1.82) is 0 Å². The molecular formula is C11H9BrF4O3. The van der Waals surface area contributed by atoms with Gasteiger partial charge in [0.05, 0.1) is 12.2 Å². The molecule has 106 valence electrons. The number of benzene rings is 1. The third kappa shape index (κ3) is 4.46. The second kappa shape index (κ2) is 6.33. The summed E-state index contributed by atoms with van der Waals surface area (Å²) in [6.45, 7) is -1.74. The van der Waals surface area contributed by atoms with E-state index in [-0.39, 0.29) is 12.2 Å². The molecule has 0 aliphatic heterocycles. The van der Waals surface area contributed by atoms with E-state index >= 15 is 0 Å². The summed E-state index contributed by atoms with van der Waals surface area (Å²) < 4.78 is 53.7. The van der Waals surface area contributed by atoms with Crippen molar-refractivity contribution >= 4 is 21.9 Å². The summed E-state index contributed by atoms with van der Waals surface area (Å²) in [7, 11) is 0. The predicted octanol–water partition coefficient (Wildman–Crippen LogP) is 3.56. The second-order valence-electron chi connectivity index (χ2n) is 3.67. The van der Waals surface area contributed by atoms with E-state index in [4.69, 9.17) is 5.11 Å². The molecule has 0 heterocycles. The van der Waals surface area contributed by atoms with Crippen LogP contribution < -0.4 is 0 Å². The van der Waals surface area contributed by atoms with Crippen molar-refractivity contribution in [2.45, 2.75) is 19.0 Å². The summed E-state index contributed by atoms with van der Waals surface area (Å²) >= 11 is 3.05. The molecular weight excluding hydrogens is 336 g/mol. The van der Waals surface area contributed by atoms with Crippen molar-refractivity contribution in [3.05, 3.63) is 33.8 Å². The lowest BCUT2D eigenvalue weighted by Crippen LogP contribution is -2.32. The number of carboxylic acid groups (broad SMARTS) is 1. The van der Waals surface area contributed by atoms with Gasteiger partial charge >= 0.3 is 18.3 Å². The number of hydrogen-bond acceptors (Lipinski definition) is 2. The molecule has 0 aliphatic carbocycles. The van der Waals surface area contributed by atoms with E-state index in [2.05, 4.69) is 20.7 Å². The van der Waals surface area contributed by atoms with Gasteiger partial charge in [0.15, 0.2) is 0 Å². The standard InChI is InChI=1S/C11H9BrF4O3/c12-8-3-6(9(17)18)1-2-7(8)4-19-5-11(15,16)10(13)14/h1-3,10H,4-5H2,(H,17,18). The van der Waals surface area contributed by atoms with Gasteiger partial charge in [0, 0.05) is 4.47 Å². The third-order valence-corrected chi connectivity index (χ3v) is 2.91. The number of carbonyl (C=O) groups is 1. The van der Waals surface area contributed by atoms with Crippen LogP contribution in [0.5, 0.6) is 0 Å². The maximum atomic E-state index is 12.6. The van der Waals surface area contributed by atoms with E-state index in [1.807, 2.05) is 0 Å². The van der Waals surface area contributed by atoms with Crippen molar-refractivity contribution in [1.82, 2.24) is 0 Å². The van der Waals surface area contributed by atoms with Gasteiger partial charge in [-0.1, -0.05) is 22.0 Å². The Hall–Kier alpha value is -1.15. The molecule has 0 fully saturated rings. The van der Waals surface area contributed by atoms with Crippen molar-refractivity contribution in [3.8, 4) is 0 Å². The summed E-state index contributed by atoms with van der Waals surface area (Å²) in [5.74, 6) is -5.34. The van der Waals surface area contributed by atoms with Crippen LogP contribution >= 0.6 is 15.9 Å². The topological polar surface area (TPSA) is 46.5 Å². The van der Waals surface area contributed by atoms with Crippen LogP contribution in [-0.4, -0.2) is 30.0 Å². The van der Waals surface area contributed by atoms with E-state index in [0.29, 0.717) is 10.0 Å². The minimum Gasteiger partial charge on any atom is -0.478 e. The van der Waals surface area contributed by atoms with Crippen molar-refractivity contribution in [2.75, 3.05) is 6.61 Å². The van der Waals surface area contributed by atoms with E-state index < -0.39 is 24.9 Å². The maximum absolute atomic E-state index is 12.6. The molecule has 0 aliphatic rings. The maximum Gasteiger partial charge on any atom is 0.335 e. The van der Waals surface area contributed by atoms with Crippen molar-refractivity contribution < 1.29 is 32.2 Å². The first-order valence-electron chi connectivity index (χ1n) is 4.99. The normalized spacial score (nSPS) is 11.9. The highest BCUT2D eigenvalue weighted by molar-refractivity contribution is 9.10. The largest absolute Gasteiger partial charge is 0.478 e. The van der Waals surface area contributed by atoms with Crippen LogP contribution in [0.4, 0.5) is 17.6 Å². The highest BCUT2D eigenvalue weighted by Gasteiger charge is 2.40. The number of halogens is 5. The van der Waals surface area contributed by atoms with E-state index in [0.717, 1.165) is 0 Å². The number of alkyl halides is 4. The van der Waals surface area contributed by atoms with Gasteiger partial charge in [0.25, 0.3) is 0 Å². The fourth-order valence-electron chi connectivity index (χ4n) is 1.16. The molecule has 8 heteroatoms. The SMILES string of the molecule is O=C(O)c1ccc(COCC(F)(F)C(F)F)c(Br)c1. The van der Waals surface area contributed by atoms with Crippen LogP contribution in [0.25, 0.3) is 0 Å². The Kier molecular flexibility index (Phi) is 5.30. The van der Waals surface area contributed by atoms with Crippen LogP contribution in [0.2, 0.25) is 0 Å². The van der Waals surface area contributed by atoms with Gasteiger partial charge in [-0.05, 0) is 17.7 Å². The Morgan fingerprint density at radius 2 is 2.05 bits per heavy atom. The summed E-state index contributed by atoms with van der Waals surface area (Å²) in [4.78, 5) is 10.7. The number of carboxylic acids is 1. The number of hydrogen-bond donors (Lipinski definition) is 1. The van der Waals surface area contributed by atoms with E-state index in [1.54, 1.807) is 0 Å². The van der Waals surface area contributed by atoms with Crippen LogP contribution in [-0.2, 0) is 11.3 Å². The zero-order chi connectivity index (χ0) is 14.6. The highest BCUT2D eigenvalue weighted by atomic mass is 79.9. The lowest BCUT2D eigenvalue weighted by Gasteiger charge is -2.15. The van der Waals surface area contributed by atoms with Crippen molar-refractivity contribution in [3.63, 3.8) is 0 Å². The second-order valence-corrected chi connectivity index (χ2v) is 4.52. The molecule has 0 atom stereocenters. The molecule has 1 N–H and O–H groups in total. The molecule has 0 bridgehead atoms. The van der Waals surface area contributed by atoms with Gasteiger partial charge in [0.1, 0.15) is 6.61 Å². The summed E-state index contributed by atoms with van der Waals surface area (Å²) in [6.07, 6.45) is -3.79. The van der Waals surface area contributed by atoms with Crippen LogP contribution in [0.15, 0.2) is 22.7 Å². The fourth-order valence-corrected chi connectivity index (χ4v) is 1.65. The smallest absolute Gasteiger partial charge is 0.335 e. The third-order valence-electron chi connectivity index (χ3n) is 2.17. The lowest BCUT2D eigenvalue weighted by molar-refractivity contribution is -0.168. The summed E-state index contributed by atoms with van der Waals surface area (Å²) in [5, 5.41) is 8.71. The van der Waals surface area contributed by atoms with E-state index in [1.165, 1.54) is 18.2 Å². The molecule has 0 radical (unpaired) electrons. The average Bonchev–Trinajstić information content (AvgIpc) is 2.30. The number of ether oxygens (including phenoxy) is 1. The Labute approximate surface area is 114 Å². The van der Waals surface area contributed by atoms with Crippen molar-refractivity contribution in [2.24, 2.45) is 0 Å². The molecule has 0 amide bonds. The molecule has 3 nitrogen and oxygen atoms in total. The first-order chi connectivity index (χ1) is 8.74. The van der Waals surface area contributed by atoms with Gasteiger partial charge in [-0.3, -0.25) is 0 Å². The number of rotatable bonds is 6. The van der Waals surface area contributed by atoms with Gasteiger partial charge in [-0.2, -0.15) is 8.78 Å². The molecule has 19 heavy (non-hydrogen) atoms. The highest BCUT2D eigenvalue weighted by Crippen LogP contribution is 2.24. The molecule has 1 rings (SSSR count). The monoisotopic (exact) mass is 344 g/mol. The van der Waals surface area contributed by atoms with Gasteiger partial charge < -0.3 is 9.84 Å². The molecule has 1 aromatic rings. The van der Waals surface area contributed by atoms with Gasteiger partial charge in [0.2, 0.25) is 0 Å². The Balaban J connectivity index is 2.62. The van der Waals surface area contributed by atoms with Gasteiger partial charge in [-0.15, -0.1) is 0 Å². The minimum atomic E-state index is -4.20. The first-order valence-corrected chi connectivity index (χ1v) is 5.79. The molecule has 1 aromatic carbocycles. The zero-order valence-corrected chi connectivity index (χ0v) is 11.0. The molecule has 0 aromatic heterocycles.